The number of benzene rings is 1. The third-order valence-electron chi connectivity index (χ3n) is 3.27. The van der Waals surface area contributed by atoms with E-state index in [0.29, 0.717) is 18.1 Å². The van der Waals surface area contributed by atoms with Crippen molar-refractivity contribution in [3.63, 3.8) is 0 Å². The van der Waals surface area contributed by atoms with E-state index in [9.17, 15) is 9.59 Å². The molecule has 1 aromatic heterocycles. The second kappa shape index (κ2) is 6.52. The summed E-state index contributed by atoms with van der Waals surface area (Å²) in [5, 5.41) is 2.74. The molecule has 1 aromatic carbocycles. The summed E-state index contributed by atoms with van der Waals surface area (Å²) in [7, 11) is 0. The maximum Gasteiger partial charge on any atom is 0.230 e. The van der Waals surface area contributed by atoms with Gasteiger partial charge in [0.25, 0.3) is 0 Å². The second-order valence-corrected chi connectivity index (χ2v) is 8.20. The Labute approximate surface area is 145 Å². The minimum absolute atomic E-state index is 0.0308. The molecular formula is C15H13BrN2O2S2. The van der Waals surface area contributed by atoms with Crippen molar-refractivity contribution < 1.29 is 9.59 Å². The molecule has 1 aliphatic rings. The zero-order valence-corrected chi connectivity index (χ0v) is 15.0. The fourth-order valence-electron chi connectivity index (χ4n) is 2.34. The molecule has 0 N–H and O–H groups in total. The summed E-state index contributed by atoms with van der Waals surface area (Å²) >= 11 is 6.14. The first-order valence-electron chi connectivity index (χ1n) is 6.72. The normalized spacial score (nSPS) is 18.0. The van der Waals surface area contributed by atoms with Gasteiger partial charge in [-0.25, -0.2) is 4.98 Å². The van der Waals surface area contributed by atoms with E-state index in [2.05, 4.69) is 20.9 Å². The van der Waals surface area contributed by atoms with Gasteiger partial charge in [-0.3, -0.25) is 14.5 Å². The number of anilines is 1. The molecule has 0 saturated carbocycles. The van der Waals surface area contributed by atoms with E-state index >= 15 is 0 Å². The van der Waals surface area contributed by atoms with Crippen LogP contribution in [-0.2, 0) is 9.59 Å². The van der Waals surface area contributed by atoms with Gasteiger partial charge in [-0.1, -0.05) is 39.8 Å². The molecule has 0 spiro atoms. The molecule has 2 heterocycles. The third-order valence-corrected chi connectivity index (χ3v) is 5.60. The van der Waals surface area contributed by atoms with Crippen molar-refractivity contribution in [2.75, 3.05) is 11.4 Å². The Bertz CT molecular complexity index is 732. The van der Waals surface area contributed by atoms with Crippen LogP contribution in [0.15, 0.2) is 34.1 Å². The van der Waals surface area contributed by atoms with E-state index in [1.165, 1.54) is 30.0 Å². The van der Waals surface area contributed by atoms with Crippen LogP contribution in [0.25, 0.3) is 11.3 Å². The molecule has 1 unspecified atom stereocenters. The van der Waals surface area contributed by atoms with Crippen LogP contribution in [0.3, 0.4) is 0 Å². The summed E-state index contributed by atoms with van der Waals surface area (Å²) in [6, 6.07) is 7.91. The van der Waals surface area contributed by atoms with Gasteiger partial charge in [-0.2, -0.15) is 0 Å². The summed E-state index contributed by atoms with van der Waals surface area (Å²) in [5.41, 5.74) is 1.87. The van der Waals surface area contributed by atoms with Gasteiger partial charge in [0.1, 0.15) is 0 Å². The van der Waals surface area contributed by atoms with Gasteiger partial charge in [-0.15, -0.1) is 11.3 Å². The lowest BCUT2D eigenvalue weighted by Gasteiger charge is -2.12. The molecule has 114 valence electrons. The number of hydrogen-bond donors (Lipinski definition) is 0. The van der Waals surface area contributed by atoms with Gasteiger partial charge >= 0.3 is 0 Å². The molecule has 4 nitrogen and oxygen atoms in total. The van der Waals surface area contributed by atoms with Crippen LogP contribution >= 0.6 is 39.0 Å². The maximum absolute atomic E-state index is 12.1. The molecule has 0 aliphatic carbocycles. The van der Waals surface area contributed by atoms with Crippen LogP contribution in [-0.4, -0.2) is 27.8 Å². The van der Waals surface area contributed by atoms with E-state index in [-0.39, 0.29) is 16.3 Å². The number of hydrogen-bond acceptors (Lipinski definition) is 5. The van der Waals surface area contributed by atoms with Crippen LogP contribution in [0.1, 0.15) is 13.3 Å². The molecule has 0 bridgehead atoms. The zero-order valence-electron chi connectivity index (χ0n) is 11.8. The summed E-state index contributed by atoms with van der Waals surface area (Å²) in [5.74, 6) is 0.0360. The van der Waals surface area contributed by atoms with Crippen LogP contribution in [0.5, 0.6) is 0 Å². The molecule has 1 amide bonds. The highest BCUT2D eigenvalue weighted by atomic mass is 79.9. The van der Waals surface area contributed by atoms with Gasteiger partial charge in [0.05, 0.1) is 5.69 Å². The number of rotatable bonds is 3. The molecule has 3 rings (SSSR count). The fraction of sp³-hybridized carbons (Fsp3) is 0.267. The van der Waals surface area contributed by atoms with E-state index in [0.717, 1.165) is 15.7 Å². The van der Waals surface area contributed by atoms with Crippen LogP contribution in [0, 0.1) is 0 Å². The lowest BCUT2D eigenvalue weighted by atomic mass is 10.2. The number of halogens is 1. The number of nitrogens with zero attached hydrogens (tertiary/aromatic N) is 2. The summed E-state index contributed by atoms with van der Waals surface area (Å²) < 4.78 is 0.995. The molecule has 1 fully saturated rings. The average Bonchev–Trinajstić information content (AvgIpc) is 3.05. The van der Waals surface area contributed by atoms with E-state index in [1.807, 2.05) is 29.6 Å². The molecule has 1 aliphatic heterocycles. The number of amides is 1. The Hall–Kier alpha value is -1.18. The van der Waals surface area contributed by atoms with E-state index < -0.39 is 0 Å². The monoisotopic (exact) mass is 396 g/mol. The Morgan fingerprint density at radius 2 is 2.32 bits per heavy atom. The lowest BCUT2D eigenvalue weighted by Crippen LogP contribution is -2.24. The van der Waals surface area contributed by atoms with Crippen molar-refractivity contribution in [2.45, 2.75) is 18.6 Å². The van der Waals surface area contributed by atoms with Crippen molar-refractivity contribution >= 4 is 55.2 Å². The minimum Gasteiger partial charge on any atom is -0.288 e. The summed E-state index contributed by atoms with van der Waals surface area (Å²) in [6.07, 6.45) is 0.399. The Balaban J connectivity index is 1.79. The molecule has 7 heteroatoms. The van der Waals surface area contributed by atoms with E-state index in [4.69, 9.17) is 0 Å². The summed E-state index contributed by atoms with van der Waals surface area (Å²) in [6.45, 7) is 2.08. The number of thiazole rings is 1. The zero-order chi connectivity index (χ0) is 15.7. The Morgan fingerprint density at radius 1 is 1.50 bits per heavy atom. The largest absolute Gasteiger partial charge is 0.288 e. The molecule has 1 atom stereocenters. The molecular weight excluding hydrogens is 384 g/mol. The SMILES string of the molecule is CC(=O)SC1CC(=O)N(c2nc(-c3cccc(Br)c3)cs2)C1. The van der Waals surface area contributed by atoms with Gasteiger partial charge in [0.15, 0.2) is 10.2 Å². The first-order chi connectivity index (χ1) is 10.5. The van der Waals surface area contributed by atoms with Gasteiger partial charge in [0.2, 0.25) is 5.91 Å². The fourth-order valence-corrected chi connectivity index (χ4v) is 4.52. The quantitative estimate of drug-likeness (QED) is 0.787. The molecule has 2 aromatic rings. The number of carbonyl (C=O) groups excluding carboxylic acids is 2. The number of thioether (sulfide) groups is 1. The number of carbonyl (C=O) groups is 2. The highest BCUT2D eigenvalue weighted by molar-refractivity contribution is 9.10. The predicted octanol–water partition coefficient (Wildman–Crippen LogP) is 3.96. The highest BCUT2D eigenvalue weighted by Crippen LogP contribution is 2.33. The average molecular weight is 397 g/mol. The summed E-state index contributed by atoms with van der Waals surface area (Å²) in [4.78, 5) is 29.6. The smallest absolute Gasteiger partial charge is 0.230 e. The number of aromatic nitrogens is 1. The Kier molecular flexibility index (Phi) is 4.65. The van der Waals surface area contributed by atoms with Crippen molar-refractivity contribution in [3.05, 3.63) is 34.1 Å². The first kappa shape index (κ1) is 15.7. The van der Waals surface area contributed by atoms with Gasteiger partial charge in [0, 0.05) is 40.6 Å². The predicted molar refractivity (Wildman–Crippen MR) is 94.3 cm³/mol. The Morgan fingerprint density at radius 3 is 3.05 bits per heavy atom. The second-order valence-electron chi connectivity index (χ2n) is 4.97. The van der Waals surface area contributed by atoms with Crippen molar-refractivity contribution in [1.82, 2.24) is 4.98 Å². The van der Waals surface area contributed by atoms with Crippen molar-refractivity contribution in [1.29, 1.82) is 0 Å². The first-order valence-corrected chi connectivity index (χ1v) is 9.27. The van der Waals surface area contributed by atoms with E-state index in [1.54, 1.807) is 4.90 Å². The molecule has 22 heavy (non-hydrogen) atoms. The lowest BCUT2D eigenvalue weighted by molar-refractivity contribution is -0.117. The topological polar surface area (TPSA) is 50.3 Å². The van der Waals surface area contributed by atoms with Crippen LogP contribution < -0.4 is 4.90 Å². The van der Waals surface area contributed by atoms with Gasteiger partial charge in [-0.05, 0) is 12.1 Å². The van der Waals surface area contributed by atoms with Crippen molar-refractivity contribution in [2.24, 2.45) is 0 Å². The van der Waals surface area contributed by atoms with Gasteiger partial charge < -0.3 is 0 Å². The van der Waals surface area contributed by atoms with Crippen LogP contribution in [0.4, 0.5) is 5.13 Å². The highest BCUT2D eigenvalue weighted by Gasteiger charge is 2.33. The molecule has 1 saturated heterocycles. The third kappa shape index (κ3) is 3.42. The van der Waals surface area contributed by atoms with Crippen LogP contribution in [0.2, 0.25) is 0 Å². The standard InChI is InChI=1S/C15H13BrN2O2S2/c1-9(19)22-12-6-14(20)18(7-12)15-17-13(8-21-15)10-3-2-4-11(16)5-10/h2-5,8,12H,6-7H2,1H3. The molecule has 0 radical (unpaired) electrons. The maximum atomic E-state index is 12.1. The van der Waals surface area contributed by atoms with Crippen molar-refractivity contribution in [3.8, 4) is 11.3 Å². The minimum atomic E-state index is 0.0308.